The molecule has 2 aliphatic carbocycles. The van der Waals surface area contributed by atoms with E-state index < -0.39 is 0 Å². The van der Waals surface area contributed by atoms with E-state index in [0.29, 0.717) is 6.42 Å². The predicted octanol–water partition coefficient (Wildman–Crippen LogP) is 6.71. The van der Waals surface area contributed by atoms with E-state index >= 15 is 0 Å². The maximum absolute atomic E-state index is 11.5. The highest BCUT2D eigenvalue weighted by Gasteiger charge is 2.20. The van der Waals surface area contributed by atoms with E-state index in [-0.39, 0.29) is 11.9 Å². The summed E-state index contributed by atoms with van der Waals surface area (Å²) in [5, 5.41) is 9.71. The second-order valence-corrected chi connectivity index (χ2v) is 9.48. The van der Waals surface area contributed by atoms with Crippen molar-refractivity contribution in [3.63, 3.8) is 0 Å². The number of hydrogen-bond acceptors (Lipinski definition) is 2. The molecule has 2 aromatic carbocycles. The molecule has 0 fully saturated rings. The molecule has 4 rings (SSSR count). The minimum atomic E-state index is -0.260. The van der Waals surface area contributed by atoms with Crippen LogP contribution in [0, 0.1) is 0 Å². The molecule has 0 saturated carbocycles. The number of fused-ring (bicyclic) bond motifs is 2. The van der Waals surface area contributed by atoms with Crippen LogP contribution in [0.4, 0.5) is 0 Å². The third kappa shape index (κ3) is 6.22. The zero-order chi connectivity index (χ0) is 19.8. The average Bonchev–Trinajstić information content (AvgIpc) is 2.63. The fourth-order valence-corrected chi connectivity index (χ4v) is 4.76. The van der Waals surface area contributed by atoms with Gasteiger partial charge in [0.2, 0.25) is 0 Å². The summed E-state index contributed by atoms with van der Waals surface area (Å²) >= 11 is 6.86. The summed E-state index contributed by atoms with van der Waals surface area (Å²) in [6, 6.07) is 12.1. The van der Waals surface area contributed by atoms with Crippen LogP contribution in [0.5, 0.6) is 0 Å². The molecule has 146 valence electrons. The number of carbonyl (C=O) groups is 1. The van der Waals surface area contributed by atoms with Crippen molar-refractivity contribution in [2.75, 3.05) is 13.3 Å². The second kappa shape index (κ2) is 11.5. The first-order valence-electron chi connectivity index (χ1n) is 9.34. The molecule has 1 N–H and O–H groups in total. The number of ketones is 1. The summed E-state index contributed by atoms with van der Waals surface area (Å²) in [7, 11) is 1.08. The van der Waals surface area contributed by atoms with Crippen molar-refractivity contribution >= 4 is 46.2 Å². The van der Waals surface area contributed by atoms with E-state index in [0.717, 1.165) is 60.8 Å². The van der Waals surface area contributed by atoms with Gasteiger partial charge < -0.3 is 5.11 Å². The Balaban J connectivity index is 0.000000170. The Morgan fingerprint density at radius 2 is 1.52 bits per heavy atom. The standard InChI is InChI=1S/C10H11BrO.C10H9BrO.C2H7P/c2*11-8-5-1-3-7-4-2-6-9(12)10(7)8;1-3-2/h1,3,5,9,12H,2,4,6H2;1,3,5H,2,4,6H2;3H,1-2H3. The molecule has 2 nitrogen and oxygen atoms in total. The minimum Gasteiger partial charge on any atom is -0.388 e. The van der Waals surface area contributed by atoms with Crippen LogP contribution in [0.25, 0.3) is 0 Å². The van der Waals surface area contributed by atoms with Gasteiger partial charge in [0.15, 0.2) is 5.78 Å². The van der Waals surface area contributed by atoms with Crippen molar-refractivity contribution in [2.45, 2.75) is 44.6 Å². The Morgan fingerprint density at radius 3 is 2.15 bits per heavy atom. The molecule has 0 aromatic heterocycles. The monoisotopic (exact) mass is 512 g/mol. The summed E-state index contributed by atoms with van der Waals surface area (Å²) < 4.78 is 2.00. The van der Waals surface area contributed by atoms with Gasteiger partial charge in [0, 0.05) is 20.9 Å². The maximum atomic E-state index is 11.5. The van der Waals surface area contributed by atoms with E-state index in [1.165, 1.54) is 11.1 Å². The first-order chi connectivity index (χ1) is 13.0. The number of hydrogen-bond donors (Lipinski definition) is 1. The molecule has 0 heterocycles. The molecule has 2 aliphatic rings. The fraction of sp³-hybridized carbons (Fsp3) is 0.409. The lowest BCUT2D eigenvalue weighted by Gasteiger charge is -2.22. The van der Waals surface area contributed by atoms with Crippen molar-refractivity contribution in [3.8, 4) is 0 Å². The highest BCUT2D eigenvalue weighted by Crippen LogP contribution is 2.34. The lowest BCUT2D eigenvalue weighted by Crippen LogP contribution is -2.11. The van der Waals surface area contributed by atoms with Gasteiger partial charge in [-0.2, -0.15) is 0 Å². The largest absolute Gasteiger partial charge is 0.388 e. The summed E-state index contributed by atoms with van der Waals surface area (Å²) in [5.74, 6) is 0.281. The number of carbonyl (C=O) groups excluding carboxylic acids is 1. The van der Waals surface area contributed by atoms with Crippen LogP contribution in [0.2, 0.25) is 0 Å². The highest BCUT2D eigenvalue weighted by atomic mass is 79.9. The topological polar surface area (TPSA) is 37.3 Å². The Morgan fingerprint density at radius 1 is 0.926 bits per heavy atom. The van der Waals surface area contributed by atoms with E-state index in [9.17, 15) is 9.90 Å². The van der Waals surface area contributed by atoms with Crippen molar-refractivity contribution in [2.24, 2.45) is 0 Å². The molecule has 2 aromatic rings. The van der Waals surface area contributed by atoms with E-state index in [2.05, 4.69) is 51.3 Å². The molecule has 27 heavy (non-hydrogen) atoms. The van der Waals surface area contributed by atoms with Gasteiger partial charge in [-0.15, -0.1) is 8.58 Å². The van der Waals surface area contributed by atoms with Gasteiger partial charge in [-0.05, 0) is 74.3 Å². The summed E-state index contributed by atoms with van der Waals surface area (Å²) in [4.78, 5) is 11.5. The summed E-state index contributed by atoms with van der Waals surface area (Å²) in [6.45, 7) is 4.31. The van der Waals surface area contributed by atoms with Gasteiger partial charge in [-0.3, -0.25) is 4.79 Å². The number of benzene rings is 2. The molecule has 0 aliphatic heterocycles. The zero-order valence-corrected chi connectivity index (χ0v) is 20.1. The quantitative estimate of drug-likeness (QED) is 0.397. The van der Waals surface area contributed by atoms with Gasteiger partial charge in [0.25, 0.3) is 0 Å². The van der Waals surface area contributed by atoms with Crippen LogP contribution in [0.15, 0.2) is 45.3 Å². The van der Waals surface area contributed by atoms with Gasteiger partial charge >= 0.3 is 0 Å². The maximum Gasteiger partial charge on any atom is 0.164 e. The van der Waals surface area contributed by atoms with E-state index in [1.807, 2.05) is 30.3 Å². The highest BCUT2D eigenvalue weighted by molar-refractivity contribution is 9.10. The van der Waals surface area contributed by atoms with Gasteiger partial charge in [-0.25, -0.2) is 0 Å². The average molecular weight is 514 g/mol. The predicted molar refractivity (Wildman–Crippen MR) is 124 cm³/mol. The molecule has 0 saturated heterocycles. The van der Waals surface area contributed by atoms with Crippen LogP contribution in [-0.2, 0) is 12.8 Å². The minimum absolute atomic E-state index is 0.260. The summed E-state index contributed by atoms with van der Waals surface area (Å²) in [6.07, 6.45) is 5.59. The molecule has 0 amide bonds. The van der Waals surface area contributed by atoms with Gasteiger partial charge in [-0.1, -0.05) is 56.1 Å². The van der Waals surface area contributed by atoms with Crippen LogP contribution < -0.4 is 0 Å². The molecule has 1 atom stereocenters. The van der Waals surface area contributed by atoms with Crippen molar-refractivity contribution in [3.05, 3.63) is 67.6 Å². The van der Waals surface area contributed by atoms with Crippen LogP contribution in [-0.4, -0.2) is 24.2 Å². The number of aliphatic hydroxyl groups is 1. The van der Waals surface area contributed by atoms with Crippen molar-refractivity contribution in [1.29, 1.82) is 0 Å². The molecule has 0 radical (unpaired) electrons. The zero-order valence-electron chi connectivity index (χ0n) is 15.9. The molecule has 1 unspecified atom stereocenters. The lowest BCUT2D eigenvalue weighted by atomic mass is 9.90. The van der Waals surface area contributed by atoms with Crippen LogP contribution in [0.1, 0.15) is 58.8 Å². The van der Waals surface area contributed by atoms with Crippen molar-refractivity contribution < 1.29 is 9.90 Å². The van der Waals surface area contributed by atoms with E-state index in [4.69, 9.17) is 0 Å². The number of Topliss-reactive ketones (excluding diaryl/α,β-unsaturated/α-hetero) is 1. The lowest BCUT2D eigenvalue weighted by molar-refractivity contribution is 0.0971. The van der Waals surface area contributed by atoms with E-state index in [1.54, 1.807) is 0 Å². The first kappa shape index (κ1) is 22.7. The Hall–Kier alpha value is -0.540. The number of halogens is 2. The van der Waals surface area contributed by atoms with Gasteiger partial charge in [0.05, 0.1) is 6.10 Å². The van der Waals surface area contributed by atoms with Crippen LogP contribution in [0.3, 0.4) is 0 Å². The number of aryl methyl sites for hydroxylation is 2. The molecule has 0 spiro atoms. The van der Waals surface area contributed by atoms with Crippen molar-refractivity contribution in [1.82, 2.24) is 0 Å². The normalized spacial score (nSPS) is 17.5. The molecule has 5 heteroatoms. The number of rotatable bonds is 0. The smallest absolute Gasteiger partial charge is 0.164 e. The SMILES string of the molecule is CPC.O=C1CCCc2cccc(Br)c21.OC1CCCc2cccc(Br)c21. The number of aliphatic hydroxyl groups excluding tert-OH is 1. The first-order valence-corrected chi connectivity index (χ1v) is 12.9. The molecular formula is C22H27Br2O2P. The summed E-state index contributed by atoms with van der Waals surface area (Å²) in [5.41, 5.74) is 4.50. The Kier molecular flexibility index (Phi) is 9.65. The van der Waals surface area contributed by atoms with Crippen LogP contribution >= 0.6 is 40.4 Å². The molecule has 0 bridgehead atoms. The second-order valence-electron chi connectivity index (χ2n) is 6.77. The Labute approximate surface area is 181 Å². The third-order valence-corrected chi connectivity index (χ3v) is 5.98. The fourth-order valence-electron chi connectivity index (χ4n) is 3.46. The molecular weight excluding hydrogens is 487 g/mol. The Bertz CT molecular complexity index is 777. The third-order valence-electron chi connectivity index (χ3n) is 4.63. The van der Waals surface area contributed by atoms with Gasteiger partial charge in [0.1, 0.15) is 0 Å².